The molecule has 0 spiro atoms. The number of likely N-dealkylation sites (tertiary alicyclic amines) is 1. The van der Waals surface area contributed by atoms with Gasteiger partial charge >= 0.3 is 12.2 Å². The smallest absolute Gasteiger partial charge is 0.334 e. The van der Waals surface area contributed by atoms with Crippen LogP contribution in [0.2, 0.25) is 0 Å². The van der Waals surface area contributed by atoms with Gasteiger partial charge in [-0.2, -0.15) is 13.2 Å². The van der Waals surface area contributed by atoms with Gasteiger partial charge in [0.1, 0.15) is 0 Å². The third-order valence-electron chi connectivity index (χ3n) is 3.37. The molecule has 0 saturated carbocycles. The van der Waals surface area contributed by atoms with Gasteiger partial charge in [-0.3, -0.25) is 5.32 Å². The number of alkyl halides is 3. The molecule has 1 aromatic rings. The molecule has 2 heterocycles. The van der Waals surface area contributed by atoms with Crippen molar-refractivity contribution in [3.05, 3.63) is 11.1 Å². The SMILES string of the molecule is C[C@@H](CN1CCCCC1)NC(=O)Nc1nc(C(F)(F)F)cs1. The van der Waals surface area contributed by atoms with Gasteiger partial charge in [-0.25, -0.2) is 9.78 Å². The Bertz CT molecular complexity index is 500. The number of nitrogens with one attached hydrogen (secondary N) is 2. The van der Waals surface area contributed by atoms with E-state index < -0.39 is 17.9 Å². The van der Waals surface area contributed by atoms with Crippen molar-refractivity contribution in [2.75, 3.05) is 25.0 Å². The maximum atomic E-state index is 12.4. The highest BCUT2D eigenvalue weighted by Crippen LogP contribution is 2.31. The van der Waals surface area contributed by atoms with E-state index in [1.165, 1.54) is 6.42 Å². The Labute approximate surface area is 130 Å². The summed E-state index contributed by atoms with van der Waals surface area (Å²) in [6.07, 6.45) is -0.921. The van der Waals surface area contributed by atoms with Crippen LogP contribution in [-0.2, 0) is 6.18 Å². The summed E-state index contributed by atoms with van der Waals surface area (Å²) in [5, 5.41) is 5.88. The Kier molecular flexibility index (Phi) is 5.63. The average Bonchev–Trinajstić information content (AvgIpc) is 2.87. The number of carbonyl (C=O) groups is 1. The van der Waals surface area contributed by atoms with E-state index in [0.29, 0.717) is 0 Å². The standard InChI is InChI=1S/C13H19F3N4OS/c1-9(7-20-5-3-2-4-6-20)17-11(21)19-12-18-10(8-22-12)13(14,15)16/h8-9H,2-7H2,1H3,(H2,17,18,19,21)/t9-/m0/s1. The van der Waals surface area contributed by atoms with Gasteiger partial charge < -0.3 is 10.2 Å². The molecule has 2 N–H and O–H groups in total. The fourth-order valence-electron chi connectivity index (χ4n) is 2.39. The molecule has 124 valence electrons. The first kappa shape index (κ1) is 17.0. The molecule has 0 unspecified atom stereocenters. The number of rotatable bonds is 4. The summed E-state index contributed by atoms with van der Waals surface area (Å²) in [5.41, 5.74) is -0.992. The molecule has 1 aliphatic rings. The largest absolute Gasteiger partial charge is 0.434 e. The predicted molar refractivity (Wildman–Crippen MR) is 79.0 cm³/mol. The van der Waals surface area contributed by atoms with Gasteiger partial charge in [0, 0.05) is 18.0 Å². The lowest BCUT2D eigenvalue weighted by molar-refractivity contribution is -0.140. The minimum absolute atomic E-state index is 0.0602. The van der Waals surface area contributed by atoms with E-state index in [4.69, 9.17) is 0 Å². The number of hydrogen-bond acceptors (Lipinski definition) is 4. The lowest BCUT2D eigenvalue weighted by Crippen LogP contribution is -2.45. The van der Waals surface area contributed by atoms with Gasteiger partial charge in [-0.1, -0.05) is 6.42 Å². The normalized spacial score (nSPS) is 18.0. The van der Waals surface area contributed by atoms with Crippen LogP contribution in [0.4, 0.5) is 23.1 Å². The van der Waals surface area contributed by atoms with E-state index in [0.717, 1.165) is 49.2 Å². The number of hydrogen-bond donors (Lipinski definition) is 2. The van der Waals surface area contributed by atoms with Crippen LogP contribution < -0.4 is 10.6 Å². The second-order valence-electron chi connectivity index (χ2n) is 5.40. The van der Waals surface area contributed by atoms with Crippen LogP contribution in [0.5, 0.6) is 0 Å². The molecule has 2 rings (SSSR count). The number of aromatic nitrogens is 1. The van der Waals surface area contributed by atoms with Crippen molar-refractivity contribution >= 4 is 22.5 Å². The second-order valence-corrected chi connectivity index (χ2v) is 6.25. The Balaban J connectivity index is 1.78. The molecule has 0 aromatic carbocycles. The summed E-state index contributed by atoms with van der Waals surface area (Å²) < 4.78 is 37.3. The van der Waals surface area contributed by atoms with Crippen molar-refractivity contribution in [2.24, 2.45) is 0 Å². The van der Waals surface area contributed by atoms with Crippen molar-refractivity contribution in [1.29, 1.82) is 0 Å². The first-order valence-electron chi connectivity index (χ1n) is 7.17. The molecule has 0 bridgehead atoms. The van der Waals surface area contributed by atoms with E-state index in [9.17, 15) is 18.0 Å². The Morgan fingerprint density at radius 2 is 2.09 bits per heavy atom. The zero-order valence-corrected chi connectivity index (χ0v) is 13.1. The van der Waals surface area contributed by atoms with Crippen molar-refractivity contribution in [1.82, 2.24) is 15.2 Å². The van der Waals surface area contributed by atoms with Crippen LogP contribution in [-0.4, -0.2) is 41.6 Å². The average molecular weight is 336 g/mol. The first-order valence-corrected chi connectivity index (χ1v) is 8.05. The van der Waals surface area contributed by atoms with Crippen LogP contribution in [0.25, 0.3) is 0 Å². The van der Waals surface area contributed by atoms with Crippen molar-refractivity contribution in [3.8, 4) is 0 Å². The molecule has 5 nitrogen and oxygen atoms in total. The fraction of sp³-hybridized carbons (Fsp3) is 0.692. The molecule has 22 heavy (non-hydrogen) atoms. The highest BCUT2D eigenvalue weighted by Gasteiger charge is 2.33. The summed E-state index contributed by atoms with van der Waals surface area (Å²) in [5.74, 6) is 0. The number of thiazole rings is 1. The molecule has 9 heteroatoms. The van der Waals surface area contributed by atoms with E-state index in [2.05, 4.69) is 20.5 Å². The zero-order valence-electron chi connectivity index (χ0n) is 12.2. The molecule has 1 saturated heterocycles. The molecule has 1 fully saturated rings. The lowest BCUT2D eigenvalue weighted by Gasteiger charge is -2.29. The molecular formula is C13H19F3N4OS. The maximum Gasteiger partial charge on any atom is 0.434 e. The van der Waals surface area contributed by atoms with Gasteiger partial charge in [0.15, 0.2) is 10.8 Å². The first-order chi connectivity index (χ1) is 10.3. The lowest BCUT2D eigenvalue weighted by atomic mass is 10.1. The summed E-state index contributed by atoms with van der Waals surface area (Å²) in [6, 6.07) is -0.618. The third-order valence-corrected chi connectivity index (χ3v) is 4.13. The van der Waals surface area contributed by atoms with Crippen molar-refractivity contribution in [3.63, 3.8) is 0 Å². The number of carbonyl (C=O) groups excluding carboxylic acids is 1. The molecule has 1 aromatic heterocycles. The monoisotopic (exact) mass is 336 g/mol. The molecule has 0 aliphatic carbocycles. The zero-order chi connectivity index (χ0) is 16.2. The van der Waals surface area contributed by atoms with Gasteiger partial charge in [-0.15, -0.1) is 11.3 Å². The summed E-state index contributed by atoms with van der Waals surface area (Å²) >= 11 is 0.754. The maximum absolute atomic E-state index is 12.4. The predicted octanol–water partition coefficient (Wildman–Crippen LogP) is 3.16. The Hall–Kier alpha value is -1.35. The van der Waals surface area contributed by atoms with E-state index >= 15 is 0 Å². The summed E-state index contributed by atoms with van der Waals surface area (Å²) in [7, 11) is 0. The van der Waals surface area contributed by atoms with Crippen molar-refractivity contribution < 1.29 is 18.0 Å². The minimum Gasteiger partial charge on any atom is -0.334 e. The molecule has 1 aliphatic heterocycles. The van der Waals surface area contributed by atoms with E-state index in [1.807, 2.05) is 6.92 Å². The number of nitrogens with zero attached hydrogens (tertiary/aromatic N) is 2. The number of amides is 2. The second kappa shape index (κ2) is 7.28. The highest BCUT2D eigenvalue weighted by atomic mass is 32.1. The van der Waals surface area contributed by atoms with Gasteiger partial charge in [-0.05, 0) is 32.9 Å². The van der Waals surface area contributed by atoms with Gasteiger partial charge in [0.25, 0.3) is 0 Å². The van der Waals surface area contributed by atoms with Crippen LogP contribution in [0.3, 0.4) is 0 Å². The summed E-state index contributed by atoms with van der Waals surface area (Å²) in [6.45, 7) is 4.65. The number of halogens is 3. The van der Waals surface area contributed by atoms with E-state index in [1.54, 1.807) is 0 Å². The molecular weight excluding hydrogens is 317 g/mol. The Morgan fingerprint density at radius 3 is 2.68 bits per heavy atom. The molecule has 1 atom stereocenters. The number of urea groups is 1. The Morgan fingerprint density at radius 1 is 1.41 bits per heavy atom. The van der Waals surface area contributed by atoms with Gasteiger partial charge in [0.05, 0.1) is 0 Å². The molecule has 2 amide bonds. The number of anilines is 1. The van der Waals surface area contributed by atoms with Crippen molar-refractivity contribution in [2.45, 2.75) is 38.4 Å². The summed E-state index contributed by atoms with van der Waals surface area (Å²) in [4.78, 5) is 17.4. The quantitative estimate of drug-likeness (QED) is 0.888. The van der Waals surface area contributed by atoms with Gasteiger partial charge in [0.2, 0.25) is 0 Å². The topological polar surface area (TPSA) is 57.3 Å². The van der Waals surface area contributed by atoms with Crippen LogP contribution in [0.15, 0.2) is 5.38 Å². The van der Waals surface area contributed by atoms with E-state index in [-0.39, 0.29) is 11.2 Å². The molecule has 0 radical (unpaired) electrons. The van der Waals surface area contributed by atoms with Crippen LogP contribution in [0.1, 0.15) is 31.9 Å². The fourth-order valence-corrected chi connectivity index (χ4v) is 3.11. The highest BCUT2D eigenvalue weighted by molar-refractivity contribution is 7.13. The minimum atomic E-state index is -4.49. The third kappa shape index (κ3) is 5.13. The van der Waals surface area contributed by atoms with Crippen LogP contribution >= 0.6 is 11.3 Å². The number of piperidine rings is 1. The van der Waals surface area contributed by atoms with Crippen LogP contribution in [0, 0.1) is 0 Å².